The monoisotopic (exact) mass is 454 g/mol. The van der Waals surface area contributed by atoms with E-state index in [0.717, 1.165) is 44.9 Å². The molecule has 0 aromatic rings. The molecule has 190 valence electrons. The fraction of sp³-hybridized carbons (Fsp3) is 0.769. The fourth-order valence-electron chi connectivity index (χ4n) is 2.87. The van der Waals surface area contributed by atoms with Crippen LogP contribution in [0.1, 0.15) is 86.5 Å². The van der Waals surface area contributed by atoms with Gasteiger partial charge in [0.25, 0.3) is 0 Å². The van der Waals surface area contributed by atoms with Crippen LogP contribution in [-0.2, 0) is 9.59 Å². The van der Waals surface area contributed by atoms with Crippen LogP contribution in [0.15, 0.2) is 23.3 Å². The van der Waals surface area contributed by atoms with Gasteiger partial charge in [-0.05, 0) is 57.7 Å². The van der Waals surface area contributed by atoms with Crippen LogP contribution in [0.5, 0.6) is 0 Å². The summed E-state index contributed by atoms with van der Waals surface area (Å²) in [5.74, 6) is 1.01. The van der Waals surface area contributed by atoms with Gasteiger partial charge in [-0.3, -0.25) is 4.79 Å². The summed E-state index contributed by atoms with van der Waals surface area (Å²) < 4.78 is 0. The number of rotatable bonds is 16. The van der Waals surface area contributed by atoms with Crippen molar-refractivity contribution in [2.45, 2.75) is 86.5 Å². The van der Waals surface area contributed by atoms with Gasteiger partial charge < -0.3 is 26.9 Å². The molecular formula is C26H54N4O2. The molecule has 0 fully saturated rings. The van der Waals surface area contributed by atoms with Crippen molar-refractivity contribution in [1.29, 1.82) is 0 Å². The molecule has 6 nitrogen and oxygen atoms in total. The first-order chi connectivity index (χ1) is 15.4. The average Bonchev–Trinajstić information content (AvgIpc) is 2.80. The molecule has 2 atom stereocenters. The Morgan fingerprint density at radius 1 is 0.938 bits per heavy atom. The number of carbonyl (C=O) groups is 2. The van der Waals surface area contributed by atoms with Crippen molar-refractivity contribution in [3.8, 4) is 0 Å². The van der Waals surface area contributed by atoms with Gasteiger partial charge in [-0.2, -0.15) is 0 Å². The number of carbonyl (C=O) groups excluding carboxylic acids is 2. The molecule has 0 radical (unpaired) electrons. The topological polar surface area (TPSA) is 110 Å². The van der Waals surface area contributed by atoms with E-state index in [-0.39, 0.29) is 5.91 Å². The molecule has 0 saturated carbocycles. The number of amides is 1. The smallest absolute Gasteiger partial charge is 0.220 e. The van der Waals surface area contributed by atoms with E-state index in [2.05, 4.69) is 43.6 Å². The van der Waals surface area contributed by atoms with E-state index in [9.17, 15) is 9.59 Å². The predicted octanol–water partition coefficient (Wildman–Crippen LogP) is 4.35. The number of likely N-dealkylation sites (N-methyl/N-ethyl adjacent to an activating group) is 1. The highest BCUT2D eigenvalue weighted by atomic mass is 16.1. The van der Waals surface area contributed by atoms with Gasteiger partial charge in [0.1, 0.15) is 6.29 Å². The minimum atomic E-state index is 0.134. The quantitative estimate of drug-likeness (QED) is 0.205. The third-order valence-electron chi connectivity index (χ3n) is 5.16. The van der Waals surface area contributed by atoms with Crippen molar-refractivity contribution >= 4 is 12.2 Å². The molecule has 0 bridgehead atoms. The number of nitrogens with one attached hydrogen (secondary N) is 2. The van der Waals surface area contributed by atoms with Crippen molar-refractivity contribution in [1.82, 2.24) is 10.6 Å². The normalized spacial score (nSPS) is 13.2. The summed E-state index contributed by atoms with van der Waals surface area (Å²) in [6.07, 6.45) is 11.4. The molecular weight excluding hydrogens is 400 g/mol. The zero-order valence-corrected chi connectivity index (χ0v) is 22.1. The molecule has 0 saturated heterocycles. The summed E-state index contributed by atoms with van der Waals surface area (Å²) in [5, 5.41) is 6.21. The predicted molar refractivity (Wildman–Crippen MR) is 141 cm³/mol. The van der Waals surface area contributed by atoms with Crippen molar-refractivity contribution < 1.29 is 9.59 Å². The fourth-order valence-corrected chi connectivity index (χ4v) is 2.87. The lowest BCUT2D eigenvalue weighted by molar-refractivity contribution is -0.121. The minimum Gasteiger partial charge on any atom is -0.352 e. The van der Waals surface area contributed by atoms with Gasteiger partial charge >= 0.3 is 0 Å². The number of hydrogen-bond donors (Lipinski definition) is 4. The molecule has 6 heteroatoms. The molecule has 0 aliphatic carbocycles. The van der Waals surface area contributed by atoms with Crippen LogP contribution in [0.3, 0.4) is 0 Å². The maximum Gasteiger partial charge on any atom is 0.220 e. The van der Waals surface area contributed by atoms with Crippen LogP contribution in [0, 0.1) is 11.8 Å². The Morgan fingerprint density at radius 2 is 1.47 bits per heavy atom. The lowest BCUT2D eigenvalue weighted by Gasteiger charge is -2.14. The number of allylic oxidation sites excluding steroid dienone is 2. The Hall–Kier alpha value is -1.50. The highest BCUT2D eigenvalue weighted by Crippen LogP contribution is 2.12. The molecule has 0 heterocycles. The molecule has 0 aliphatic rings. The Balaban J connectivity index is -0.000000703. The van der Waals surface area contributed by atoms with E-state index in [1.54, 1.807) is 0 Å². The molecule has 0 aromatic carbocycles. The third kappa shape index (κ3) is 23.2. The average molecular weight is 455 g/mol. The highest BCUT2D eigenvalue weighted by Gasteiger charge is 2.11. The number of nitrogens with two attached hydrogens (primary N) is 2. The Kier molecular flexibility index (Phi) is 30.2. The summed E-state index contributed by atoms with van der Waals surface area (Å²) in [7, 11) is 1.96. The molecule has 0 aromatic heterocycles. The van der Waals surface area contributed by atoms with Gasteiger partial charge in [-0.25, -0.2) is 0 Å². The second-order valence-electron chi connectivity index (χ2n) is 7.80. The first-order valence-corrected chi connectivity index (χ1v) is 12.5. The van der Waals surface area contributed by atoms with Gasteiger partial charge in [0.2, 0.25) is 5.91 Å². The van der Waals surface area contributed by atoms with Crippen molar-refractivity contribution in [2.75, 3.05) is 33.2 Å². The second kappa shape index (κ2) is 27.5. The van der Waals surface area contributed by atoms with Gasteiger partial charge in [0.05, 0.1) is 0 Å². The zero-order chi connectivity index (χ0) is 25.2. The van der Waals surface area contributed by atoms with Crippen molar-refractivity contribution in [3.05, 3.63) is 23.3 Å². The van der Waals surface area contributed by atoms with Gasteiger partial charge in [0.15, 0.2) is 0 Å². The Bertz CT molecular complexity index is 490. The summed E-state index contributed by atoms with van der Waals surface area (Å²) in [6, 6.07) is 0. The molecule has 32 heavy (non-hydrogen) atoms. The number of hydrogen-bond acceptors (Lipinski definition) is 5. The largest absolute Gasteiger partial charge is 0.352 e. The number of aldehydes is 1. The van der Waals surface area contributed by atoms with Gasteiger partial charge in [-0.15, -0.1) is 0 Å². The van der Waals surface area contributed by atoms with Crippen LogP contribution in [0.4, 0.5) is 0 Å². The van der Waals surface area contributed by atoms with Gasteiger partial charge in [-0.1, -0.05) is 71.3 Å². The van der Waals surface area contributed by atoms with E-state index < -0.39 is 0 Å². The van der Waals surface area contributed by atoms with Gasteiger partial charge in [0, 0.05) is 25.9 Å². The SMILES string of the molecule is CC.CC(CC=O)CCN.CC/C(=C\C=C(/CC)CNC(=O)CC(CC)CCN)CNC. The van der Waals surface area contributed by atoms with E-state index >= 15 is 0 Å². The molecule has 0 spiro atoms. The Labute approximate surface area is 199 Å². The van der Waals surface area contributed by atoms with E-state index in [1.165, 1.54) is 11.1 Å². The summed E-state index contributed by atoms with van der Waals surface area (Å²) in [6.45, 7) is 15.3. The van der Waals surface area contributed by atoms with Crippen LogP contribution in [0.2, 0.25) is 0 Å². The highest BCUT2D eigenvalue weighted by molar-refractivity contribution is 5.76. The van der Waals surface area contributed by atoms with E-state index in [4.69, 9.17) is 11.5 Å². The van der Waals surface area contributed by atoms with Crippen molar-refractivity contribution in [2.24, 2.45) is 23.3 Å². The van der Waals surface area contributed by atoms with Crippen LogP contribution in [-0.4, -0.2) is 45.4 Å². The zero-order valence-electron chi connectivity index (χ0n) is 22.1. The molecule has 0 aliphatic heterocycles. The third-order valence-corrected chi connectivity index (χ3v) is 5.16. The first-order valence-electron chi connectivity index (χ1n) is 12.5. The van der Waals surface area contributed by atoms with Crippen LogP contribution in [0.25, 0.3) is 0 Å². The van der Waals surface area contributed by atoms with Crippen LogP contribution >= 0.6 is 0 Å². The first kappa shape index (κ1) is 35.1. The summed E-state index contributed by atoms with van der Waals surface area (Å²) in [5.41, 5.74) is 13.4. The second-order valence-corrected chi connectivity index (χ2v) is 7.80. The summed E-state index contributed by atoms with van der Waals surface area (Å²) in [4.78, 5) is 21.8. The summed E-state index contributed by atoms with van der Waals surface area (Å²) >= 11 is 0. The standard InChI is InChI=1S/C18H35N3O.C6H13NO.C2H6/c1-5-15(10-11-19)12-18(22)21-14-17(7-3)9-8-16(6-2)13-20-4;1-6(2-4-7)3-5-8;1-2/h8-9,15,20H,5-7,10-14,19H2,1-4H3,(H,21,22);5-6H,2-4,7H2,1H3;1-2H3/b16-8+,17-9+;;. The lowest BCUT2D eigenvalue weighted by atomic mass is 9.98. The Morgan fingerprint density at radius 3 is 1.88 bits per heavy atom. The lowest BCUT2D eigenvalue weighted by Crippen LogP contribution is -2.28. The maximum absolute atomic E-state index is 12.0. The van der Waals surface area contributed by atoms with Crippen molar-refractivity contribution in [3.63, 3.8) is 0 Å². The molecule has 2 unspecified atom stereocenters. The minimum absolute atomic E-state index is 0.134. The maximum atomic E-state index is 12.0. The van der Waals surface area contributed by atoms with Crippen LogP contribution < -0.4 is 22.1 Å². The molecule has 6 N–H and O–H groups in total. The van der Waals surface area contributed by atoms with E-state index in [1.807, 2.05) is 27.8 Å². The van der Waals surface area contributed by atoms with E-state index in [0.29, 0.717) is 44.3 Å². The molecule has 1 amide bonds. The molecule has 0 rings (SSSR count).